The molecule has 0 heterocycles. The summed E-state index contributed by atoms with van der Waals surface area (Å²) in [7, 11) is -1.38. The van der Waals surface area contributed by atoms with Crippen LogP contribution in [0.5, 0.6) is 0 Å². The van der Waals surface area contributed by atoms with Crippen molar-refractivity contribution in [1.29, 1.82) is 0 Å². The Morgan fingerprint density at radius 3 is 1.47 bits per heavy atom. The van der Waals surface area contributed by atoms with E-state index < -0.39 is 8.07 Å². The fourth-order valence-corrected chi connectivity index (χ4v) is 9.30. The molecule has 0 N–H and O–H groups in total. The van der Waals surface area contributed by atoms with Crippen molar-refractivity contribution in [1.82, 2.24) is 0 Å². The fraction of sp³-hybridized carbons (Fsp3) is 0.600. The van der Waals surface area contributed by atoms with Gasteiger partial charge in [0.1, 0.15) is 0 Å². The highest BCUT2D eigenvalue weighted by molar-refractivity contribution is 7.80. The summed E-state index contributed by atoms with van der Waals surface area (Å²) in [6.45, 7) is 0. The molecule has 0 atom stereocenters. The van der Waals surface area contributed by atoms with E-state index in [1.165, 1.54) is 37.4 Å². The van der Waals surface area contributed by atoms with Crippen LogP contribution in [0.2, 0.25) is 18.1 Å². The fourth-order valence-electron chi connectivity index (χ4n) is 2.85. The van der Waals surface area contributed by atoms with Crippen molar-refractivity contribution in [2.45, 2.75) is 37.4 Å². The third kappa shape index (κ3) is 5.78. The van der Waals surface area contributed by atoms with Crippen molar-refractivity contribution < 1.29 is 0 Å². The van der Waals surface area contributed by atoms with Gasteiger partial charge in [-0.15, -0.1) is 0 Å². The van der Waals surface area contributed by atoms with E-state index >= 15 is 0 Å². The number of hydrogen-bond donors (Lipinski definition) is 3. The Kier molecular flexibility index (Phi) is 9.46. The molecule has 4 heteroatoms. The maximum atomic E-state index is 4.42. The van der Waals surface area contributed by atoms with Crippen LogP contribution in [0.1, 0.15) is 19.3 Å². The SMILES string of the molecule is SCCC[Si](CCCS)(CCCS)c1ccccc1. The quantitative estimate of drug-likeness (QED) is 0.413. The molecule has 0 fully saturated rings. The summed E-state index contributed by atoms with van der Waals surface area (Å²) < 4.78 is 0. The molecule has 0 saturated carbocycles. The van der Waals surface area contributed by atoms with E-state index in [0.717, 1.165) is 17.3 Å². The molecule has 1 rings (SSSR count). The van der Waals surface area contributed by atoms with Gasteiger partial charge in [0.15, 0.2) is 0 Å². The molecule has 0 saturated heterocycles. The summed E-state index contributed by atoms with van der Waals surface area (Å²) >= 11 is 13.3. The smallest absolute Gasteiger partial charge is 0.0868 e. The summed E-state index contributed by atoms with van der Waals surface area (Å²) in [6.07, 6.45) is 3.72. The molecule has 108 valence electrons. The van der Waals surface area contributed by atoms with Gasteiger partial charge in [-0.1, -0.05) is 53.7 Å². The van der Waals surface area contributed by atoms with Crippen LogP contribution < -0.4 is 5.19 Å². The van der Waals surface area contributed by atoms with E-state index in [9.17, 15) is 0 Å². The molecule has 0 spiro atoms. The second-order valence-corrected chi connectivity index (χ2v) is 11.1. The van der Waals surface area contributed by atoms with Crippen molar-refractivity contribution >= 4 is 51.1 Å². The molecule has 0 aliphatic heterocycles. The van der Waals surface area contributed by atoms with Gasteiger partial charge >= 0.3 is 0 Å². The second kappa shape index (κ2) is 10.2. The van der Waals surface area contributed by atoms with Gasteiger partial charge in [-0.3, -0.25) is 0 Å². The molecule has 0 amide bonds. The zero-order valence-electron chi connectivity index (χ0n) is 11.6. The van der Waals surface area contributed by atoms with E-state index in [1.54, 1.807) is 5.19 Å². The highest BCUT2D eigenvalue weighted by Crippen LogP contribution is 2.27. The van der Waals surface area contributed by atoms with Crippen LogP contribution in [0.4, 0.5) is 0 Å². The molecule has 0 unspecified atom stereocenters. The Morgan fingerprint density at radius 1 is 0.684 bits per heavy atom. The van der Waals surface area contributed by atoms with Gasteiger partial charge in [0.2, 0.25) is 0 Å². The summed E-state index contributed by atoms with van der Waals surface area (Å²) in [5.41, 5.74) is 0. The normalized spacial score (nSPS) is 11.7. The van der Waals surface area contributed by atoms with Crippen molar-refractivity contribution in [3.63, 3.8) is 0 Å². The molecule has 0 bridgehead atoms. The van der Waals surface area contributed by atoms with Crippen molar-refractivity contribution in [2.24, 2.45) is 0 Å². The molecule has 1 aromatic rings. The lowest BCUT2D eigenvalue weighted by Crippen LogP contribution is -2.47. The maximum absolute atomic E-state index is 4.42. The first-order chi connectivity index (χ1) is 9.29. The Labute approximate surface area is 136 Å². The Bertz CT molecular complexity index is 308. The van der Waals surface area contributed by atoms with Crippen LogP contribution in [0, 0.1) is 0 Å². The third-order valence-corrected chi connectivity index (χ3v) is 10.3. The van der Waals surface area contributed by atoms with Gasteiger partial charge in [0.05, 0.1) is 8.07 Å². The first kappa shape index (κ1) is 17.5. The monoisotopic (exact) mass is 330 g/mol. The average molecular weight is 331 g/mol. The molecule has 0 nitrogen and oxygen atoms in total. The van der Waals surface area contributed by atoms with Gasteiger partial charge in [-0.2, -0.15) is 37.9 Å². The van der Waals surface area contributed by atoms with E-state index in [-0.39, 0.29) is 0 Å². The van der Waals surface area contributed by atoms with Crippen LogP contribution in [0.3, 0.4) is 0 Å². The lowest BCUT2D eigenvalue weighted by molar-refractivity contribution is 0.953. The van der Waals surface area contributed by atoms with Crippen LogP contribution in [-0.4, -0.2) is 25.3 Å². The van der Waals surface area contributed by atoms with Crippen molar-refractivity contribution in [3.05, 3.63) is 30.3 Å². The van der Waals surface area contributed by atoms with Crippen LogP contribution in [0.25, 0.3) is 0 Å². The Morgan fingerprint density at radius 2 is 1.11 bits per heavy atom. The lowest BCUT2D eigenvalue weighted by atomic mass is 10.4. The molecule has 0 aliphatic rings. The van der Waals surface area contributed by atoms with E-state index in [2.05, 4.69) is 68.2 Å². The molecule has 19 heavy (non-hydrogen) atoms. The van der Waals surface area contributed by atoms with Gasteiger partial charge in [-0.05, 0) is 36.5 Å². The van der Waals surface area contributed by atoms with Gasteiger partial charge in [0, 0.05) is 0 Å². The van der Waals surface area contributed by atoms with E-state index in [4.69, 9.17) is 0 Å². The molecule has 0 aromatic heterocycles. The average Bonchev–Trinajstić information content (AvgIpc) is 2.48. The number of rotatable bonds is 10. The molecule has 0 aliphatic carbocycles. The third-order valence-electron chi connectivity index (χ3n) is 3.83. The summed E-state index contributed by atoms with van der Waals surface area (Å²) in [6, 6.07) is 15.3. The van der Waals surface area contributed by atoms with E-state index in [0.29, 0.717) is 0 Å². The highest BCUT2D eigenvalue weighted by Gasteiger charge is 2.32. The first-order valence-corrected chi connectivity index (χ1v) is 11.7. The summed E-state index contributed by atoms with van der Waals surface area (Å²) in [4.78, 5) is 0. The predicted molar refractivity (Wildman–Crippen MR) is 102 cm³/mol. The largest absolute Gasteiger partial charge is 0.179 e. The predicted octanol–water partition coefficient (Wildman–Crippen LogP) is 4.30. The minimum atomic E-state index is -1.38. The Hall–Kier alpha value is 0.487. The Balaban J connectivity index is 2.94. The minimum Gasteiger partial charge on any atom is -0.179 e. The maximum Gasteiger partial charge on any atom is 0.0868 e. The lowest BCUT2D eigenvalue weighted by Gasteiger charge is -2.32. The van der Waals surface area contributed by atoms with Crippen LogP contribution in [-0.2, 0) is 0 Å². The summed E-state index contributed by atoms with van der Waals surface area (Å²) in [5, 5.41) is 1.63. The van der Waals surface area contributed by atoms with Gasteiger partial charge in [-0.25, -0.2) is 0 Å². The standard InChI is InChI=1S/C15H26S3Si/c16-9-4-12-19(13-5-10-17,14-6-11-18)15-7-2-1-3-8-15/h1-3,7-8,16-18H,4-6,9-14H2. The minimum absolute atomic E-state index is 1.00. The molecule has 0 radical (unpaired) electrons. The second-order valence-electron chi connectivity index (χ2n) is 5.13. The first-order valence-electron chi connectivity index (χ1n) is 7.17. The molecule has 1 aromatic carbocycles. The zero-order chi connectivity index (χ0) is 14.0. The number of thiol groups is 3. The van der Waals surface area contributed by atoms with Gasteiger partial charge in [0.25, 0.3) is 0 Å². The molecular weight excluding hydrogens is 304 g/mol. The number of hydrogen-bond acceptors (Lipinski definition) is 3. The van der Waals surface area contributed by atoms with Crippen LogP contribution in [0.15, 0.2) is 30.3 Å². The van der Waals surface area contributed by atoms with Crippen LogP contribution >= 0.6 is 37.9 Å². The molecular formula is C15H26S3Si. The van der Waals surface area contributed by atoms with Crippen molar-refractivity contribution in [2.75, 3.05) is 17.3 Å². The topological polar surface area (TPSA) is 0 Å². The highest BCUT2D eigenvalue weighted by atomic mass is 32.1. The zero-order valence-corrected chi connectivity index (χ0v) is 15.3. The summed E-state index contributed by atoms with van der Waals surface area (Å²) in [5.74, 6) is 3.01. The van der Waals surface area contributed by atoms with Crippen molar-refractivity contribution in [3.8, 4) is 0 Å². The number of benzene rings is 1. The van der Waals surface area contributed by atoms with Gasteiger partial charge < -0.3 is 0 Å². The van der Waals surface area contributed by atoms with E-state index in [1.807, 2.05) is 0 Å².